The van der Waals surface area contributed by atoms with Crippen LogP contribution in [0.5, 0.6) is 0 Å². The van der Waals surface area contributed by atoms with Crippen LogP contribution in [0.15, 0.2) is 10.6 Å². The molecule has 6 nitrogen and oxygen atoms in total. The van der Waals surface area contributed by atoms with E-state index in [0.29, 0.717) is 10.7 Å². The van der Waals surface area contributed by atoms with Crippen molar-refractivity contribution >= 4 is 11.6 Å². The van der Waals surface area contributed by atoms with Gasteiger partial charge in [0.05, 0.1) is 0 Å². The van der Waals surface area contributed by atoms with E-state index < -0.39 is 0 Å². The number of nitrogens with one attached hydrogen (secondary N) is 1. The van der Waals surface area contributed by atoms with Crippen LogP contribution >= 0.6 is 11.6 Å². The molecule has 29 heavy (non-hydrogen) atoms. The number of halogens is 1. The topological polar surface area (TPSA) is 59.1 Å². The molecule has 2 aliphatic rings. The molecule has 1 aliphatic carbocycles. The van der Waals surface area contributed by atoms with Crippen molar-refractivity contribution in [2.75, 3.05) is 19.6 Å². The van der Waals surface area contributed by atoms with Gasteiger partial charge < -0.3 is 9.84 Å². The lowest BCUT2D eigenvalue weighted by Crippen LogP contribution is -2.47. The maximum Gasteiger partial charge on any atom is 0.134 e. The lowest BCUT2D eigenvalue weighted by atomic mass is 9.88. The molecular weight excluding hydrogens is 386 g/mol. The molecule has 2 fully saturated rings. The van der Waals surface area contributed by atoms with Crippen LogP contribution in [-0.4, -0.2) is 45.0 Å². The lowest BCUT2D eigenvalue weighted by molar-refractivity contribution is 0.132. The molecule has 160 valence electrons. The molecular formula is C22H34ClN5O. The van der Waals surface area contributed by atoms with E-state index in [4.69, 9.17) is 16.1 Å². The zero-order chi connectivity index (χ0) is 20.6. The van der Waals surface area contributed by atoms with Gasteiger partial charge in [-0.05, 0) is 64.0 Å². The fraction of sp³-hybridized carbons (Fsp3) is 0.727. The predicted octanol–water partition coefficient (Wildman–Crippen LogP) is 4.42. The number of likely N-dealkylation sites (tertiary alicyclic amines) is 1. The van der Waals surface area contributed by atoms with Crippen LogP contribution in [0.2, 0.25) is 5.15 Å². The van der Waals surface area contributed by atoms with Crippen molar-refractivity contribution < 1.29 is 4.52 Å². The van der Waals surface area contributed by atoms with Crippen molar-refractivity contribution in [3.8, 4) is 11.4 Å². The van der Waals surface area contributed by atoms with Crippen molar-refractivity contribution in [1.29, 1.82) is 0 Å². The second kappa shape index (κ2) is 8.40. The van der Waals surface area contributed by atoms with Crippen LogP contribution in [-0.2, 0) is 13.6 Å². The van der Waals surface area contributed by atoms with Crippen LogP contribution in [0.1, 0.15) is 57.3 Å². The summed E-state index contributed by atoms with van der Waals surface area (Å²) in [6.07, 6.45) is 6.46. The third kappa shape index (κ3) is 4.54. The quantitative estimate of drug-likeness (QED) is 0.686. The number of hydrogen-bond acceptors (Lipinski definition) is 5. The van der Waals surface area contributed by atoms with E-state index >= 15 is 0 Å². The number of aromatic nitrogens is 3. The summed E-state index contributed by atoms with van der Waals surface area (Å²) in [4.78, 5) is 2.55. The van der Waals surface area contributed by atoms with Crippen molar-refractivity contribution in [3.63, 3.8) is 0 Å². The van der Waals surface area contributed by atoms with Gasteiger partial charge in [-0.2, -0.15) is 5.10 Å². The van der Waals surface area contributed by atoms with E-state index in [9.17, 15) is 0 Å². The first-order valence-electron chi connectivity index (χ1n) is 11.0. The number of aryl methyl sites for hydroxylation is 2. The first-order chi connectivity index (χ1) is 13.9. The molecule has 1 atom stereocenters. The fourth-order valence-electron chi connectivity index (χ4n) is 4.72. The highest BCUT2D eigenvalue weighted by Gasteiger charge is 2.49. The lowest BCUT2D eigenvalue weighted by Gasteiger charge is -2.38. The van der Waals surface area contributed by atoms with Gasteiger partial charge >= 0.3 is 0 Å². The highest BCUT2D eigenvalue weighted by atomic mass is 35.5. The largest absolute Gasteiger partial charge is 0.361 e. The highest BCUT2D eigenvalue weighted by Crippen LogP contribution is 2.46. The van der Waals surface area contributed by atoms with Crippen molar-refractivity contribution in [2.45, 2.75) is 65.0 Å². The Balaban J connectivity index is 1.45. The maximum absolute atomic E-state index is 6.63. The highest BCUT2D eigenvalue weighted by molar-refractivity contribution is 6.30. The normalized spacial score (nSPS) is 21.8. The van der Waals surface area contributed by atoms with E-state index in [1.807, 2.05) is 20.0 Å². The standard InChI is InChI=1S/C22H34ClN5O/c1-15(2)7-10-24-22(8-9-22)17-6-5-11-28(13-17)14-18-20(25-27(4)21(18)23)19-12-16(3)29-26-19/h12,15,17,24H,5-11,13-14H2,1-4H3. The Kier molecular flexibility index (Phi) is 6.05. The summed E-state index contributed by atoms with van der Waals surface area (Å²) in [5, 5.41) is 13.4. The fourth-order valence-corrected chi connectivity index (χ4v) is 4.91. The molecule has 0 amide bonds. The third-order valence-electron chi connectivity index (χ3n) is 6.60. The number of nitrogens with zero attached hydrogens (tertiary/aromatic N) is 4. The van der Waals surface area contributed by atoms with Gasteiger partial charge in [0.25, 0.3) is 0 Å². The summed E-state index contributed by atoms with van der Waals surface area (Å²) in [5.41, 5.74) is 3.04. The number of piperidine rings is 1. The maximum atomic E-state index is 6.63. The molecule has 4 rings (SSSR count). The molecule has 0 spiro atoms. The number of hydrogen-bond donors (Lipinski definition) is 1. The van der Waals surface area contributed by atoms with Gasteiger partial charge in [-0.1, -0.05) is 30.6 Å². The molecule has 7 heteroatoms. The van der Waals surface area contributed by atoms with Crippen molar-refractivity contribution in [3.05, 3.63) is 22.5 Å². The van der Waals surface area contributed by atoms with Crippen molar-refractivity contribution in [2.24, 2.45) is 18.9 Å². The molecule has 0 bridgehead atoms. The Labute approximate surface area is 179 Å². The Morgan fingerprint density at radius 3 is 2.83 bits per heavy atom. The summed E-state index contributed by atoms with van der Waals surface area (Å²) in [7, 11) is 1.89. The van der Waals surface area contributed by atoms with Gasteiger partial charge in [0, 0.05) is 37.3 Å². The first kappa shape index (κ1) is 20.9. The zero-order valence-corrected chi connectivity index (χ0v) is 18.9. The van der Waals surface area contributed by atoms with Gasteiger partial charge in [0.15, 0.2) is 0 Å². The summed E-state index contributed by atoms with van der Waals surface area (Å²) in [5.74, 6) is 2.26. The second-order valence-corrected chi connectivity index (χ2v) is 9.76. The van der Waals surface area contributed by atoms with Gasteiger partial charge in [-0.15, -0.1) is 0 Å². The summed E-state index contributed by atoms with van der Waals surface area (Å²) >= 11 is 6.63. The molecule has 2 aromatic rings. The molecule has 1 aliphatic heterocycles. The Morgan fingerprint density at radius 2 is 2.17 bits per heavy atom. The zero-order valence-electron chi connectivity index (χ0n) is 18.2. The van der Waals surface area contributed by atoms with E-state index in [2.05, 4.69) is 34.3 Å². The predicted molar refractivity (Wildman–Crippen MR) is 116 cm³/mol. The average Bonchev–Trinajstić information content (AvgIpc) is 3.27. The van der Waals surface area contributed by atoms with Gasteiger partial charge in [0.2, 0.25) is 0 Å². The van der Waals surface area contributed by atoms with Gasteiger partial charge in [-0.3, -0.25) is 9.58 Å². The van der Waals surface area contributed by atoms with Crippen LogP contribution in [0.3, 0.4) is 0 Å². The average molecular weight is 420 g/mol. The van der Waals surface area contributed by atoms with E-state index in [1.165, 1.54) is 32.1 Å². The van der Waals surface area contributed by atoms with Crippen LogP contribution in [0, 0.1) is 18.8 Å². The molecule has 1 saturated carbocycles. The minimum Gasteiger partial charge on any atom is -0.361 e. The summed E-state index contributed by atoms with van der Waals surface area (Å²) in [6.45, 7) is 10.7. The van der Waals surface area contributed by atoms with Gasteiger partial charge in [0.1, 0.15) is 22.3 Å². The monoisotopic (exact) mass is 419 g/mol. The molecule has 1 unspecified atom stereocenters. The Bertz CT molecular complexity index is 838. The van der Waals surface area contributed by atoms with Crippen LogP contribution in [0.4, 0.5) is 0 Å². The first-order valence-corrected chi connectivity index (χ1v) is 11.4. The Morgan fingerprint density at radius 1 is 1.38 bits per heavy atom. The summed E-state index contributed by atoms with van der Waals surface area (Å²) in [6, 6.07) is 1.93. The smallest absolute Gasteiger partial charge is 0.134 e. The molecule has 2 aromatic heterocycles. The van der Waals surface area contributed by atoms with Crippen molar-refractivity contribution in [1.82, 2.24) is 25.2 Å². The summed E-state index contributed by atoms with van der Waals surface area (Å²) < 4.78 is 7.02. The van der Waals surface area contributed by atoms with Crippen LogP contribution in [0.25, 0.3) is 11.4 Å². The molecule has 1 saturated heterocycles. The minimum atomic E-state index is 0.373. The Hall–Kier alpha value is -1.37. The van der Waals surface area contributed by atoms with E-state index in [-0.39, 0.29) is 0 Å². The van der Waals surface area contributed by atoms with E-state index in [1.54, 1.807) is 4.68 Å². The molecule has 1 N–H and O–H groups in total. The third-order valence-corrected chi connectivity index (χ3v) is 7.07. The number of rotatable bonds is 8. The molecule has 0 aromatic carbocycles. The molecule has 3 heterocycles. The minimum absolute atomic E-state index is 0.373. The van der Waals surface area contributed by atoms with Crippen LogP contribution < -0.4 is 5.32 Å². The van der Waals surface area contributed by atoms with E-state index in [0.717, 1.165) is 60.7 Å². The second-order valence-electron chi connectivity index (χ2n) is 9.40. The molecule has 0 radical (unpaired) electrons. The SMILES string of the molecule is Cc1cc(-c2nn(C)c(Cl)c2CN2CCCC(C3(NCCC(C)C)CC3)C2)no1. The van der Waals surface area contributed by atoms with Gasteiger partial charge in [-0.25, -0.2) is 0 Å².